The molecule has 2 fully saturated rings. The van der Waals surface area contributed by atoms with E-state index in [4.69, 9.17) is 4.74 Å². The predicted molar refractivity (Wildman–Crippen MR) is 101 cm³/mol. The molecule has 0 bridgehead atoms. The highest BCUT2D eigenvalue weighted by molar-refractivity contribution is 7.88. The summed E-state index contributed by atoms with van der Waals surface area (Å²) in [6, 6.07) is 1.50. The molecule has 3 heterocycles. The average Bonchev–Trinajstić information content (AvgIpc) is 3.08. The first-order valence-electron chi connectivity index (χ1n) is 9.40. The molecule has 2 aliphatic heterocycles. The van der Waals surface area contributed by atoms with Crippen LogP contribution in [0, 0.1) is 0 Å². The van der Waals surface area contributed by atoms with Gasteiger partial charge in [0.2, 0.25) is 10.0 Å². The number of aryl methyl sites for hydroxylation is 1. The Morgan fingerprint density at radius 3 is 2.70 bits per heavy atom. The van der Waals surface area contributed by atoms with Crippen LogP contribution in [0.25, 0.3) is 0 Å². The Morgan fingerprint density at radius 2 is 2.07 bits per heavy atom. The van der Waals surface area contributed by atoms with Gasteiger partial charge in [0.25, 0.3) is 5.91 Å². The highest BCUT2D eigenvalue weighted by Gasteiger charge is 2.33. The van der Waals surface area contributed by atoms with Gasteiger partial charge < -0.3 is 9.64 Å². The number of carbonyl (C=O) groups excluding carboxylic acids is 1. The molecule has 9 nitrogen and oxygen atoms in total. The monoisotopic (exact) mass is 399 g/mol. The van der Waals surface area contributed by atoms with Gasteiger partial charge in [0.1, 0.15) is 5.69 Å². The standard InChI is InChI=1S/C17H29N5O4S/c1-19-7-5-16(18-19)17(23)21-6-3-4-15(14-21)22(27(2,24)25)9-8-20-10-12-26-13-11-20/h5,7,15H,3-4,6,8-14H2,1-2H3. The number of aromatic nitrogens is 2. The second-order valence-corrected chi connectivity index (χ2v) is 9.18. The Morgan fingerprint density at radius 1 is 1.33 bits per heavy atom. The molecule has 2 aliphatic rings. The normalized spacial score (nSPS) is 22.3. The molecule has 0 spiro atoms. The number of piperidine rings is 1. The molecule has 0 N–H and O–H groups in total. The van der Waals surface area contributed by atoms with E-state index in [-0.39, 0.29) is 11.9 Å². The lowest BCUT2D eigenvalue weighted by molar-refractivity contribution is 0.0334. The van der Waals surface area contributed by atoms with Crippen molar-refractivity contribution < 1.29 is 17.9 Å². The van der Waals surface area contributed by atoms with Gasteiger partial charge in [-0.25, -0.2) is 8.42 Å². The first-order chi connectivity index (χ1) is 12.8. The summed E-state index contributed by atoms with van der Waals surface area (Å²) < 4.78 is 33.3. The van der Waals surface area contributed by atoms with E-state index in [1.807, 2.05) is 0 Å². The molecule has 1 atom stereocenters. The summed E-state index contributed by atoms with van der Waals surface area (Å²) in [4.78, 5) is 16.6. The Bertz CT molecular complexity index is 744. The van der Waals surface area contributed by atoms with Crippen molar-refractivity contribution in [1.82, 2.24) is 23.9 Å². The smallest absolute Gasteiger partial charge is 0.274 e. The molecule has 0 aromatic carbocycles. The van der Waals surface area contributed by atoms with Gasteiger partial charge in [0.15, 0.2) is 0 Å². The van der Waals surface area contributed by atoms with Crippen molar-refractivity contribution in [3.8, 4) is 0 Å². The van der Waals surface area contributed by atoms with Crippen LogP contribution in [0.1, 0.15) is 23.3 Å². The predicted octanol–water partition coefficient (Wildman–Crippen LogP) is -0.381. The number of nitrogens with zero attached hydrogens (tertiary/aromatic N) is 5. The third-order valence-electron chi connectivity index (χ3n) is 5.19. The van der Waals surface area contributed by atoms with E-state index in [1.165, 1.54) is 6.26 Å². The summed E-state index contributed by atoms with van der Waals surface area (Å²) in [6.07, 6.45) is 4.54. The van der Waals surface area contributed by atoms with Gasteiger partial charge in [-0.15, -0.1) is 0 Å². The van der Waals surface area contributed by atoms with Crippen LogP contribution < -0.4 is 0 Å². The van der Waals surface area contributed by atoms with Crippen molar-refractivity contribution in [2.45, 2.75) is 18.9 Å². The maximum absolute atomic E-state index is 12.7. The zero-order valence-corrected chi connectivity index (χ0v) is 16.9. The third kappa shape index (κ3) is 5.28. The van der Waals surface area contributed by atoms with Crippen LogP contribution in [0.15, 0.2) is 12.3 Å². The van der Waals surface area contributed by atoms with E-state index in [9.17, 15) is 13.2 Å². The second kappa shape index (κ2) is 8.68. The van der Waals surface area contributed by atoms with Gasteiger partial charge in [-0.3, -0.25) is 14.4 Å². The maximum atomic E-state index is 12.7. The number of likely N-dealkylation sites (tertiary alicyclic amines) is 1. The highest BCUT2D eigenvalue weighted by atomic mass is 32.2. The number of sulfonamides is 1. The van der Waals surface area contributed by atoms with E-state index < -0.39 is 10.0 Å². The summed E-state index contributed by atoms with van der Waals surface area (Å²) in [7, 11) is -1.59. The molecule has 0 radical (unpaired) electrons. The van der Waals surface area contributed by atoms with Crippen molar-refractivity contribution in [1.29, 1.82) is 0 Å². The summed E-state index contributed by atoms with van der Waals surface area (Å²) in [5.74, 6) is -0.137. The molecule has 3 rings (SSSR count). The average molecular weight is 400 g/mol. The molecule has 27 heavy (non-hydrogen) atoms. The van der Waals surface area contributed by atoms with Crippen molar-refractivity contribution in [2.24, 2.45) is 7.05 Å². The number of morpholine rings is 1. The number of rotatable bonds is 6. The van der Waals surface area contributed by atoms with E-state index in [0.29, 0.717) is 45.1 Å². The second-order valence-electron chi connectivity index (χ2n) is 7.25. The Hall–Kier alpha value is -1.49. The lowest BCUT2D eigenvalue weighted by Gasteiger charge is -2.39. The molecule has 2 saturated heterocycles. The van der Waals surface area contributed by atoms with Gasteiger partial charge in [0.05, 0.1) is 19.5 Å². The minimum absolute atomic E-state index is 0.137. The van der Waals surface area contributed by atoms with Crippen molar-refractivity contribution >= 4 is 15.9 Å². The summed E-state index contributed by atoms with van der Waals surface area (Å²) in [5.41, 5.74) is 0.400. The van der Waals surface area contributed by atoms with Crippen LogP contribution in [-0.4, -0.2) is 103 Å². The molecule has 1 amide bonds. The lowest BCUT2D eigenvalue weighted by atomic mass is 10.1. The minimum atomic E-state index is -3.36. The van der Waals surface area contributed by atoms with Crippen LogP contribution >= 0.6 is 0 Å². The first-order valence-corrected chi connectivity index (χ1v) is 11.3. The Labute approximate surface area is 160 Å². The fourth-order valence-corrected chi connectivity index (χ4v) is 4.88. The van der Waals surface area contributed by atoms with Gasteiger partial charge in [0, 0.05) is 58.6 Å². The first kappa shape index (κ1) is 20.2. The summed E-state index contributed by atoms with van der Waals surface area (Å²) in [5, 5.41) is 4.18. The molecule has 10 heteroatoms. The fourth-order valence-electron chi connectivity index (χ4n) is 3.75. The van der Waals surface area contributed by atoms with E-state index >= 15 is 0 Å². The van der Waals surface area contributed by atoms with Crippen LogP contribution in [0.4, 0.5) is 0 Å². The number of hydrogen-bond acceptors (Lipinski definition) is 6. The maximum Gasteiger partial charge on any atom is 0.274 e. The Balaban J connectivity index is 1.65. The zero-order valence-electron chi connectivity index (χ0n) is 16.1. The van der Waals surface area contributed by atoms with Crippen molar-refractivity contribution in [2.75, 3.05) is 58.7 Å². The van der Waals surface area contributed by atoms with Crippen molar-refractivity contribution in [3.63, 3.8) is 0 Å². The van der Waals surface area contributed by atoms with Crippen LogP contribution in [0.3, 0.4) is 0 Å². The van der Waals surface area contributed by atoms with Gasteiger partial charge in [-0.05, 0) is 18.9 Å². The molecule has 0 saturated carbocycles. The van der Waals surface area contributed by atoms with Gasteiger partial charge in [-0.1, -0.05) is 0 Å². The van der Waals surface area contributed by atoms with Gasteiger partial charge >= 0.3 is 0 Å². The molecular weight excluding hydrogens is 370 g/mol. The van der Waals surface area contributed by atoms with Crippen LogP contribution in [-0.2, 0) is 21.8 Å². The SMILES string of the molecule is Cn1ccc(C(=O)N2CCCC(N(CCN3CCOCC3)S(C)(=O)=O)C2)n1. The van der Waals surface area contributed by atoms with E-state index in [0.717, 1.165) is 25.9 Å². The molecular formula is C17H29N5O4S. The molecule has 1 aromatic rings. The van der Waals surface area contributed by atoms with Crippen molar-refractivity contribution in [3.05, 3.63) is 18.0 Å². The van der Waals surface area contributed by atoms with E-state index in [2.05, 4.69) is 10.00 Å². The number of amides is 1. The third-order valence-corrected chi connectivity index (χ3v) is 6.52. The van der Waals surface area contributed by atoms with E-state index in [1.54, 1.807) is 33.2 Å². The van der Waals surface area contributed by atoms with Gasteiger partial charge in [-0.2, -0.15) is 9.40 Å². The van der Waals surface area contributed by atoms with Crippen LogP contribution in [0.2, 0.25) is 0 Å². The number of ether oxygens (including phenoxy) is 1. The largest absolute Gasteiger partial charge is 0.379 e. The molecule has 152 valence electrons. The topological polar surface area (TPSA) is 88.0 Å². The lowest BCUT2D eigenvalue weighted by Crippen LogP contribution is -2.53. The van der Waals surface area contributed by atoms with Crippen LogP contribution in [0.5, 0.6) is 0 Å². The highest BCUT2D eigenvalue weighted by Crippen LogP contribution is 2.20. The molecule has 1 unspecified atom stereocenters. The zero-order chi connectivity index (χ0) is 19.4. The summed E-state index contributed by atoms with van der Waals surface area (Å²) >= 11 is 0. The quantitative estimate of drug-likeness (QED) is 0.648. The molecule has 0 aliphatic carbocycles. The molecule has 1 aromatic heterocycles. The Kier molecular flexibility index (Phi) is 6.51. The number of hydrogen-bond donors (Lipinski definition) is 0. The fraction of sp³-hybridized carbons (Fsp3) is 0.765. The summed E-state index contributed by atoms with van der Waals surface area (Å²) in [6.45, 7) is 5.19. The number of carbonyl (C=O) groups is 1. The minimum Gasteiger partial charge on any atom is -0.379 e.